The topological polar surface area (TPSA) is 55.8 Å². The van der Waals surface area contributed by atoms with E-state index in [9.17, 15) is 9.90 Å². The highest BCUT2D eigenvalue weighted by Crippen LogP contribution is 2.39. The summed E-state index contributed by atoms with van der Waals surface area (Å²) in [6, 6.07) is 0. The average molecular weight is 495 g/mol. The van der Waals surface area contributed by atoms with Crippen molar-refractivity contribution in [3.8, 4) is 11.5 Å². The zero-order valence-electron chi connectivity index (χ0n) is 23.6. The van der Waals surface area contributed by atoms with E-state index in [1.54, 1.807) is 13.0 Å². The van der Waals surface area contributed by atoms with Crippen LogP contribution in [0.5, 0.6) is 0 Å². The fourth-order valence-corrected chi connectivity index (χ4v) is 4.52. The summed E-state index contributed by atoms with van der Waals surface area (Å²) in [7, 11) is -3.88. The lowest BCUT2D eigenvalue weighted by molar-refractivity contribution is -0.137. The molecule has 4 nitrogen and oxygen atoms in total. The summed E-state index contributed by atoms with van der Waals surface area (Å²) in [5.41, 5.74) is 4.52. The van der Waals surface area contributed by atoms with E-state index in [1.165, 1.54) is 6.08 Å². The second-order valence-electron chi connectivity index (χ2n) is 12.1. The molecule has 0 saturated carbocycles. The first kappa shape index (κ1) is 31.9. The van der Waals surface area contributed by atoms with Gasteiger partial charge in [-0.05, 0) is 43.4 Å². The van der Waals surface area contributed by atoms with Crippen molar-refractivity contribution in [1.29, 1.82) is 0 Å². The highest BCUT2D eigenvalue weighted by molar-refractivity contribution is 6.87. The fraction of sp³-hybridized carbons (Fsp3) is 0.741. The van der Waals surface area contributed by atoms with Crippen molar-refractivity contribution < 1.29 is 19.1 Å². The molecular weight excluding hydrogens is 444 g/mol. The van der Waals surface area contributed by atoms with Gasteiger partial charge in [0.15, 0.2) is 8.32 Å². The smallest absolute Gasteiger partial charge is 0.330 e. The molecule has 0 amide bonds. The Morgan fingerprint density at radius 2 is 1.58 bits per heavy atom. The van der Waals surface area contributed by atoms with E-state index >= 15 is 0 Å². The minimum absolute atomic E-state index is 0.0585. The monoisotopic (exact) mass is 494 g/mol. The van der Waals surface area contributed by atoms with E-state index in [1.807, 2.05) is 19.9 Å². The number of carbonyl (C=O) groups excluding carboxylic acids is 1. The van der Waals surface area contributed by atoms with Crippen molar-refractivity contribution in [2.24, 2.45) is 5.92 Å². The van der Waals surface area contributed by atoms with Gasteiger partial charge in [-0.1, -0.05) is 85.2 Å². The van der Waals surface area contributed by atoms with Gasteiger partial charge < -0.3 is 14.3 Å². The lowest BCUT2D eigenvalue weighted by Gasteiger charge is -2.40. The molecule has 0 aromatic carbocycles. The molecule has 0 aromatic rings. The number of aliphatic hydroxyl groups excluding tert-OH is 1. The van der Waals surface area contributed by atoms with Gasteiger partial charge in [-0.25, -0.2) is 4.79 Å². The van der Waals surface area contributed by atoms with Gasteiger partial charge in [0.1, 0.15) is 14.2 Å². The second-order valence-corrected chi connectivity index (χ2v) is 21.9. The number of esters is 1. The third kappa shape index (κ3) is 10.8. The molecule has 0 aliphatic heterocycles. The average Bonchev–Trinajstić information content (AvgIpc) is 2.65. The van der Waals surface area contributed by atoms with Crippen LogP contribution in [0.2, 0.25) is 36.3 Å². The molecule has 0 aromatic heterocycles. The first-order chi connectivity index (χ1) is 14.7. The zero-order valence-corrected chi connectivity index (χ0v) is 25.6. The Morgan fingerprint density at radius 3 is 2.03 bits per heavy atom. The maximum atomic E-state index is 11.5. The number of hydrogen-bond acceptors (Lipinski definition) is 4. The molecular formula is C27H50O4Si2. The van der Waals surface area contributed by atoms with Gasteiger partial charge in [0.25, 0.3) is 0 Å². The third-order valence-electron chi connectivity index (χ3n) is 7.16. The van der Waals surface area contributed by atoms with E-state index < -0.39 is 22.5 Å². The van der Waals surface area contributed by atoms with Gasteiger partial charge in [-0.3, -0.25) is 0 Å². The quantitative estimate of drug-likeness (QED) is 0.125. The lowest BCUT2D eigenvalue weighted by Crippen LogP contribution is -2.47. The maximum absolute atomic E-state index is 11.5. The van der Waals surface area contributed by atoms with E-state index in [4.69, 9.17) is 9.16 Å². The van der Waals surface area contributed by atoms with Gasteiger partial charge in [0.05, 0.1) is 12.7 Å². The summed E-state index contributed by atoms with van der Waals surface area (Å²) >= 11 is 0. The summed E-state index contributed by atoms with van der Waals surface area (Å²) in [6.45, 7) is 28.6. The van der Waals surface area contributed by atoms with E-state index in [0.29, 0.717) is 13.0 Å². The van der Waals surface area contributed by atoms with Crippen LogP contribution in [0.4, 0.5) is 0 Å². The molecule has 0 bridgehead atoms. The van der Waals surface area contributed by atoms with Crippen molar-refractivity contribution >= 4 is 22.4 Å². The number of carbonyl (C=O) groups is 1. The Hall–Kier alpha value is -1.14. The minimum atomic E-state index is -2.07. The van der Waals surface area contributed by atoms with Crippen LogP contribution in [0, 0.1) is 17.4 Å². The molecule has 190 valence electrons. The van der Waals surface area contributed by atoms with Crippen molar-refractivity contribution in [1.82, 2.24) is 0 Å². The largest absolute Gasteiger partial charge is 0.463 e. The molecule has 33 heavy (non-hydrogen) atoms. The summed E-state index contributed by atoms with van der Waals surface area (Å²) in [5, 5.41) is 11.2. The molecule has 0 heterocycles. The Balaban J connectivity index is 5.76. The molecule has 3 atom stereocenters. The molecule has 0 radical (unpaired) electrons. The SMILES string of the molecule is CCOC(=O)/C=C/C(C)=C/C[C@H](O)[C@H](C)[C@H](C#C[Si](C)(C)C(C)(C)C)O[Si](C)(C)C(C)(C)C. The predicted molar refractivity (Wildman–Crippen MR) is 146 cm³/mol. The van der Waals surface area contributed by atoms with E-state index in [2.05, 4.69) is 79.2 Å². The normalized spacial score (nSPS) is 16.7. The third-order valence-corrected chi connectivity index (χ3v) is 16.1. The number of hydrogen-bond donors (Lipinski definition) is 1. The van der Waals surface area contributed by atoms with Crippen LogP contribution in [0.1, 0.15) is 68.7 Å². The van der Waals surface area contributed by atoms with Gasteiger partial charge in [-0.2, -0.15) is 0 Å². The van der Waals surface area contributed by atoms with Crippen molar-refractivity contribution in [2.45, 2.75) is 117 Å². The van der Waals surface area contributed by atoms with Crippen molar-refractivity contribution in [3.05, 3.63) is 23.8 Å². The Kier molecular flexibility index (Phi) is 12.1. The van der Waals surface area contributed by atoms with E-state index in [-0.39, 0.29) is 28.1 Å². The Labute approximate surface area is 206 Å². The van der Waals surface area contributed by atoms with Crippen LogP contribution < -0.4 is 0 Å². The van der Waals surface area contributed by atoms with Crippen LogP contribution >= 0.6 is 0 Å². The van der Waals surface area contributed by atoms with Gasteiger partial charge in [-0.15, -0.1) is 5.54 Å². The highest BCUT2D eigenvalue weighted by atomic mass is 28.4. The first-order valence-electron chi connectivity index (χ1n) is 12.2. The van der Waals surface area contributed by atoms with Crippen molar-refractivity contribution in [2.75, 3.05) is 6.61 Å². The standard InChI is InChI=1S/C27H50O4Si2/c1-14-30-25(29)18-16-21(2)15-17-23(28)22(3)24(31-33(12,13)27(7,8)9)19-20-32(10,11)26(4,5)6/h15-16,18,22-24,28H,14,17H2,1-13H3/b18-16+,21-15+/t22-,23-,24-/m0/s1. The summed E-state index contributed by atoms with van der Waals surface area (Å²) in [6.07, 6.45) is 4.63. The summed E-state index contributed by atoms with van der Waals surface area (Å²) in [5.74, 6) is 2.98. The number of ether oxygens (including phenoxy) is 1. The number of aliphatic hydroxyl groups is 1. The lowest BCUT2D eigenvalue weighted by atomic mass is 9.95. The molecule has 1 N–H and O–H groups in total. The zero-order chi connectivity index (χ0) is 26.3. The fourth-order valence-electron chi connectivity index (χ4n) is 2.38. The van der Waals surface area contributed by atoms with Crippen molar-refractivity contribution in [3.63, 3.8) is 0 Å². The minimum Gasteiger partial charge on any atom is -0.463 e. The summed E-state index contributed by atoms with van der Waals surface area (Å²) < 4.78 is 11.7. The Bertz CT molecular complexity index is 756. The first-order valence-corrected chi connectivity index (χ1v) is 18.1. The van der Waals surface area contributed by atoms with Crippen LogP contribution in [0.25, 0.3) is 0 Å². The second kappa shape index (κ2) is 12.5. The van der Waals surface area contributed by atoms with Crippen LogP contribution in [0.3, 0.4) is 0 Å². The van der Waals surface area contributed by atoms with E-state index in [0.717, 1.165) is 5.57 Å². The Morgan fingerprint density at radius 1 is 1.03 bits per heavy atom. The summed E-state index contributed by atoms with van der Waals surface area (Å²) in [4.78, 5) is 11.5. The maximum Gasteiger partial charge on any atom is 0.330 e. The van der Waals surface area contributed by atoms with Gasteiger partial charge in [0, 0.05) is 12.0 Å². The molecule has 0 fully saturated rings. The van der Waals surface area contributed by atoms with Crippen LogP contribution in [-0.4, -0.2) is 46.3 Å². The molecule has 0 aliphatic carbocycles. The molecule has 0 spiro atoms. The molecule has 6 heteroatoms. The molecule has 0 aliphatic rings. The van der Waals surface area contributed by atoms with Crippen LogP contribution in [0.15, 0.2) is 23.8 Å². The van der Waals surface area contributed by atoms with Gasteiger partial charge >= 0.3 is 5.97 Å². The molecule has 0 unspecified atom stereocenters. The number of allylic oxidation sites excluding steroid dienone is 2. The van der Waals surface area contributed by atoms with Crippen LogP contribution in [-0.2, 0) is 14.0 Å². The molecule has 0 saturated heterocycles. The molecule has 0 rings (SSSR count). The highest BCUT2D eigenvalue weighted by Gasteiger charge is 2.41. The number of rotatable bonds is 9. The predicted octanol–water partition coefficient (Wildman–Crippen LogP) is 6.88. The van der Waals surface area contributed by atoms with Gasteiger partial charge in [0.2, 0.25) is 0 Å².